The number of rotatable bonds is 3. The van der Waals surface area contributed by atoms with E-state index in [-0.39, 0.29) is 11.5 Å². The van der Waals surface area contributed by atoms with Crippen molar-refractivity contribution in [3.05, 3.63) is 29.2 Å². The van der Waals surface area contributed by atoms with Gasteiger partial charge < -0.3 is 9.47 Å². The molecule has 0 radical (unpaired) electrons. The molecule has 4 rings (SSSR count). The van der Waals surface area contributed by atoms with Gasteiger partial charge in [-0.15, -0.1) is 10.2 Å². The molecule has 0 spiro atoms. The molecule has 1 unspecified atom stereocenters. The van der Waals surface area contributed by atoms with Crippen molar-refractivity contribution in [2.75, 3.05) is 11.4 Å². The highest BCUT2D eigenvalue weighted by Gasteiger charge is 2.32. The normalized spacial score (nSPS) is 20.5. The Morgan fingerprint density at radius 3 is 2.54 bits per heavy atom. The standard InChI is InChI=1S/C22H34N6/c1-15(2)20-23-17(22(3,4)5)14-19(24-20)27-12-8-6-10-16(27)21-26-25-18-11-7-9-13-28(18)21/h14-16H,6-13H2,1-5H3. The van der Waals surface area contributed by atoms with Crippen LogP contribution >= 0.6 is 0 Å². The molecule has 0 N–H and O–H groups in total. The van der Waals surface area contributed by atoms with Gasteiger partial charge in [0.15, 0.2) is 5.82 Å². The molecule has 0 amide bonds. The van der Waals surface area contributed by atoms with Crippen LogP contribution in [-0.2, 0) is 18.4 Å². The molecular formula is C22H34N6. The second kappa shape index (κ2) is 7.45. The molecule has 0 bridgehead atoms. The number of fused-ring (bicyclic) bond motifs is 1. The largest absolute Gasteiger partial charge is 0.346 e. The van der Waals surface area contributed by atoms with Gasteiger partial charge in [0.25, 0.3) is 0 Å². The maximum atomic E-state index is 5.00. The van der Waals surface area contributed by atoms with Crippen molar-refractivity contribution in [3.63, 3.8) is 0 Å². The van der Waals surface area contributed by atoms with E-state index in [1.807, 2.05) is 0 Å². The van der Waals surface area contributed by atoms with E-state index in [1.165, 1.54) is 25.7 Å². The second-order valence-electron chi connectivity index (χ2n) is 9.66. The molecule has 0 saturated carbocycles. The maximum absolute atomic E-state index is 5.00. The number of hydrogen-bond donors (Lipinski definition) is 0. The molecule has 2 aliphatic heterocycles. The van der Waals surface area contributed by atoms with Crippen LogP contribution in [0, 0.1) is 0 Å². The summed E-state index contributed by atoms with van der Waals surface area (Å²) in [6.07, 6.45) is 7.05. The molecule has 1 atom stereocenters. The summed E-state index contributed by atoms with van der Waals surface area (Å²) in [6.45, 7) is 13.1. The third-order valence-electron chi connectivity index (χ3n) is 6.00. The molecule has 28 heavy (non-hydrogen) atoms. The quantitative estimate of drug-likeness (QED) is 0.779. The summed E-state index contributed by atoms with van der Waals surface area (Å²) in [4.78, 5) is 12.4. The third-order valence-corrected chi connectivity index (χ3v) is 6.00. The first-order valence-electron chi connectivity index (χ1n) is 10.9. The first-order chi connectivity index (χ1) is 13.3. The molecule has 1 fully saturated rings. The van der Waals surface area contributed by atoms with Gasteiger partial charge in [0.1, 0.15) is 17.5 Å². The minimum absolute atomic E-state index is 0.000635. The maximum Gasteiger partial charge on any atom is 0.155 e. The zero-order valence-electron chi connectivity index (χ0n) is 18.1. The number of anilines is 1. The predicted octanol–water partition coefficient (Wildman–Crippen LogP) is 4.56. The van der Waals surface area contributed by atoms with E-state index in [0.717, 1.165) is 54.9 Å². The Labute approximate surface area is 168 Å². The van der Waals surface area contributed by atoms with Gasteiger partial charge in [-0.1, -0.05) is 34.6 Å². The van der Waals surface area contributed by atoms with Gasteiger partial charge in [-0.05, 0) is 32.1 Å². The lowest BCUT2D eigenvalue weighted by Crippen LogP contribution is -2.36. The number of aromatic nitrogens is 5. The van der Waals surface area contributed by atoms with E-state index in [1.54, 1.807) is 0 Å². The fourth-order valence-corrected chi connectivity index (χ4v) is 4.29. The predicted molar refractivity (Wildman–Crippen MR) is 112 cm³/mol. The summed E-state index contributed by atoms with van der Waals surface area (Å²) in [5.41, 5.74) is 1.12. The molecule has 1 saturated heterocycles. The highest BCUT2D eigenvalue weighted by atomic mass is 15.3. The van der Waals surface area contributed by atoms with Crippen molar-refractivity contribution in [2.45, 2.75) is 97.1 Å². The molecule has 6 heteroatoms. The number of piperidine rings is 1. The van der Waals surface area contributed by atoms with Gasteiger partial charge in [0, 0.05) is 36.9 Å². The van der Waals surface area contributed by atoms with E-state index in [2.05, 4.69) is 60.3 Å². The van der Waals surface area contributed by atoms with Gasteiger partial charge in [-0.3, -0.25) is 0 Å². The van der Waals surface area contributed by atoms with Crippen molar-refractivity contribution in [2.24, 2.45) is 0 Å². The van der Waals surface area contributed by atoms with E-state index in [0.29, 0.717) is 5.92 Å². The van der Waals surface area contributed by atoms with Crippen LogP contribution in [-0.4, -0.2) is 31.3 Å². The first-order valence-corrected chi connectivity index (χ1v) is 10.9. The Morgan fingerprint density at radius 1 is 1.00 bits per heavy atom. The van der Waals surface area contributed by atoms with Crippen LogP contribution in [0.25, 0.3) is 0 Å². The molecule has 0 aromatic carbocycles. The molecule has 0 aliphatic carbocycles. The number of nitrogens with zero attached hydrogens (tertiary/aromatic N) is 6. The summed E-state index contributed by atoms with van der Waals surface area (Å²) in [5.74, 6) is 4.60. The van der Waals surface area contributed by atoms with Crippen LogP contribution in [0.4, 0.5) is 5.82 Å². The summed E-state index contributed by atoms with van der Waals surface area (Å²) in [5, 5.41) is 9.17. The topological polar surface area (TPSA) is 59.7 Å². The van der Waals surface area contributed by atoms with E-state index >= 15 is 0 Å². The molecule has 2 aromatic heterocycles. The highest BCUT2D eigenvalue weighted by molar-refractivity contribution is 5.44. The average Bonchev–Trinajstić information content (AvgIpc) is 3.11. The van der Waals surface area contributed by atoms with Gasteiger partial charge in [0.2, 0.25) is 0 Å². The highest BCUT2D eigenvalue weighted by Crippen LogP contribution is 2.36. The van der Waals surface area contributed by atoms with Gasteiger partial charge in [-0.25, -0.2) is 9.97 Å². The van der Waals surface area contributed by atoms with Crippen LogP contribution < -0.4 is 4.90 Å². The molecular weight excluding hydrogens is 348 g/mol. The SMILES string of the molecule is CC(C)c1nc(N2CCCCC2c2nnc3n2CCCC3)cc(C(C)(C)C)n1. The first kappa shape index (κ1) is 19.3. The number of hydrogen-bond acceptors (Lipinski definition) is 5. The zero-order valence-corrected chi connectivity index (χ0v) is 18.1. The Balaban J connectivity index is 1.76. The van der Waals surface area contributed by atoms with E-state index in [9.17, 15) is 0 Å². The summed E-state index contributed by atoms with van der Waals surface area (Å²) < 4.78 is 2.38. The Kier molecular flexibility index (Phi) is 5.15. The minimum atomic E-state index is 0.000635. The number of aryl methyl sites for hydroxylation is 1. The summed E-state index contributed by atoms with van der Waals surface area (Å²) in [6, 6.07) is 2.47. The van der Waals surface area contributed by atoms with Gasteiger partial charge in [0.05, 0.1) is 11.7 Å². The smallest absolute Gasteiger partial charge is 0.155 e. The Morgan fingerprint density at radius 2 is 1.79 bits per heavy atom. The lowest BCUT2D eigenvalue weighted by atomic mass is 9.91. The molecule has 6 nitrogen and oxygen atoms in total. The monoisotopic (exact) mass is 382 g/mol. The van der Waals surface area contributed by atoms with Crippen molar-refractivity contribution >= 4 is 5.82 Å². The molecule has 152 valence electrons. The Bertz CT molecular complexity index is 832. The molecule has 4 heterocycles. The van der Waals surface area contributed by atoms with Crippen LogP contribution in [0.1, 0.15) is 102 Å². The van der Waals surface area contributed by atoms with Crippen LogP contribution in [0.2, 0.25) is 0 Å². The summed E-state index contributed by atoms with van der Waals surface area (Å²) >= 11 is 0. The van der Waals surface area contributed by atoms with Gasteiger partial charge in [-0.2, -0.15) is 0 Å². The van der Waals surface area contributed by atoms with Gasteiger partial charge >= 0.3 is 0 Å². The van der Waals surface area contributed by atoms with Crippen LogP contribution in [0.3, 0.4) is 0 Å². The van der Waals surface area contributed by atoms with E-state index < -0.39 is 0 Å². The lowest BCUT2D eigenvalue weighted by molar-refractivity contribution is 0.419. The van der Waals surface area contributed by atoms with Crippen molar-refractivity contribution in [1.82, 2.24) is 24.7 Å². The summed E-state index contributed by atoms with van der Waals surface area (Å²) in [7, 11) is 0. The average molecular weight is 383 g/mol. The second-order valence-corrected chi connectivity index (χ2v) is 9.66. The zero-order chi connectivity index (χ0) is 19.9. The lowest BCUT2D eigenvalue weighted by Gasteiger charge is -2.37. The fourth-order valence-electron chi connectivity index (χ4n) is 4.29. The van der Waals surface area contributed by atoms with E-state index in [4.69, 9.17) is 9.97 Å². The Hall–Kier alpha value is -1.98. The fraction of sp³-hybridized carbons (Fsp3) is 0.727. The third kappa shape index (κ3) is 3.65. The minimum Gasteiger partial charge on any atom is -0.346 e. The van der Waals surface area contributed by atoms with Crippen molar-refractivity contribution < 1.29 is 0 Å². The molecule has 2 aliphatic rings. The van der Waals surface area contributed by atoms with Crippen LogP contribution in [0.15, 0.2) is 6.07 Å². The van der Waals surface area contributed by atoms with Crippen molar-refractivity contribution in [3.8, 4) is 0 Å². The van der Waals surface area contributed by atoms with Crippen molar-refractivity contribution in [1.29, 1.82) is 0 Å². The van der Waals surface area contributed by atoms with Crippen LogP contribution in [0.5, 0.6) is 0 Å². The molecule has 2 aromatic rings.